The maximum absolute atomic E-state index is 13.6. The fourth-order valence-corrected chi connectivity index (χ4v) is 6.39. The summed E-state index contributed by atoms with van der Waals surface area (Å²) in [5.74, 6) is -0.257. The van der Waals surface area contributed by atoms with Gasteiger partial charge in [-0.3, -0.25) is 4.68 Å². The van der Waals surface area contributed by atoms with Gasteiger partial charge in [0.05, 0.1) is 36.0 Å². The predicted octanol–water partition coefficient (Wildman–Crippen LogP) is 6.53. The largest absolute Gasteiger partial charge is 0.417 e. The summed E-state index contributed by atoms with van der Waals surface area (Å²) < 4.78 is 50.5. The Bertz CT molecular complexity index is 1730. The number of aromatic nitrogens is 6. The van der Waals surface area contributed by atoms with Gasteiger partial charge in [0.15, 0.2) is 0 Å². The lowest BCUT2D eigenvalue weighted by atomic mass is 9.96. The van der Waals surface area contributed by atoms with Gasteiger partial charge in [-0.15, -0.1) is 0 Å². The van der Waals surface area contributed by atoms with E-state index in [4.69, 9.17) is 16.3 Å². The second kappa shape index (κ2) is 12.6. The van der Waals surface area contributed by atoms with Gasteiger partial charge in [-0.1, -0.05) is 31.2 Å². The van der Waals surface area contributed by atoms with Gasteiger partial charge in [-0.25, -0.2) is 15.0 Å². The van der Waals surface area contributed by atoms with Crippen LogP contribution in [0.1, 0.15) is 30.0 Å². The van der Waals surface area contributed by atoms with Gasteiger partial charge in [0, 0.05) is 57.0 Å². The first-order valence-electron chi connectivity index (χ1n) is 14.1. The molecule has 4 aromatic rings. The Morgan fingerprint density at radius 2 is 2.02 bits per heavy atom. The van der Waals surface area contributed by atoms with E-state index in [-0.39, 0.29) is 35.9 Å². The van der Waals surface area contributed by atoms with E-state index in [1.807, 2.05) is 23.0 Å². The Morgan fingerprint density at radius 1 is 1.23 bits per heavy atom. The Balaban J connectivity index is 1.36. The van der Waals surface area contributed by atoms with Gasteiger partial charge in [-0.2, -0.15) is 28.8 Å². The summed E-state index contributed by atoms with van der Waals surface area (Å²) in [6.45, 7) is 8.61. The highest BCUT2D eigenvalue weighted by Crippen LogP contribution is 2.40. The minimum atomic E-state index is -4.76. The summed E-state index contributed by atoms with van der Waals surface area (Å²) in [7, 11) is -1.20. The number of pyridine rings is 1. The van der Waals surface area contributed by atoms with E-state index < -0.39 is 25.4 Å². The van der Waals surface area contributed by atoms with Crippen molar-refractivity contribution in [2.24, 2.45) is 5.92 Å². The van der Waals surface area contributed by atoms with E-state index in [2.05, 4.69) is 45.8 Å². The Labute approximate surface area is 258 Å². The standard InChI is InChI=1S/C29H31ClF3N9OSi/c1-44(2,3)11-10-43-18-41-9-6-21-26(36-17-37-27(21)41)20-14-38-42(16-20)24(4-7-34)19-5-8-40(15-19)28-22(13-35)23(29(31,32)33)12-25(30)39-28/h6,9,12,14,16-17,19,24H,4-5,8,10-11,15,18H2,1-3H3/t19-,24-/m0/s1. The average molecular weight is 642 g/mol. The second-order valence-electron chi connectivity index (χ2n) is 12.0. The molecule has 10 nitrogen and oxygen atoms in total. The Kier molecular flexibility index (Phi) is 8.97. The maximum Gasteiger partial charge on any atom is 0.417 e. The van der Waals surface area contributed by atoms with Crippen molar-refractivity contribution >= 4 is 36.5 Å². The van der Waals surface area contributed by atoms with Crippen molar-refractivity contribution in [3.63, 3.8) is 0 Å². The number of hydrogen-bond donors (Lipinski definition) is 0. The summed E-state index contributed by atoms with van der Waals surface area (Å²) >= 11 is 5.94. The van der Waals surface area contributed by atoms with Crippen molar-refractivity contribution in [1.29, 1.82) is 10.5 Å². The molecule has 0 bridgehead atoms. The fourth-order valence-electron chi connectivity index (χ4n) is 5.45. The van der Waals surface area contributed by atoms with E-state index in [0.717, 1.165) is 22.6 Å². The molecule has 15 heteroatoms. The van der Waals surface area contributed by atoms with Crippen molar-refractivity contribution in [3.8, 4) is 23.4 Å². The van der Waals surface area contributed by atoms with Crippen LogP contribution in [0.25, 0.3) is 22.3 Å². The van der Waals surface area contributed by atoms with E-state index in [1.54, 1.807) is 21.8 Å². The zero-order valence-electron chi connectivity index (χ0n) is 24.5. The first-order valence-corrected chi connectivity index (χ1v) is 18.2. The molecule has 0 saturated carbocycles. The van der Waals surface area contributed by atoms with E-state index in [1.165, 1.54) is 6.33 Å². The van der Waals surface area contributed by atoms with Crippen LogP contribution < -0.4 is 4.90 Å². The zero-order chi connectivity index (χ0) is 31.6. The number of rotatable bonds is 10. The third-order valence-corrected chi connectivity index (χ3v) is 9.65. The van der Waals surface area contributed by atoms with Crippen LogP contribution >= 0.6 is 11.6 Å². The molecule has 230 valence electrons. The third-order valence-electron chi connectivity index (χ3n) is 7.75. The summed E-state index contributed by atoms with van der Waals surface area (Å²) in [6.07, 6.45) is 2.85. The fraction of sp³-hybridized carbons (Fsp3) is 0.448. The molecule has 0 unspecified atom stereocenters. The van der Waals surface area contributed by atoms with E-state index in [9.17, 15) is 23.7 Å². The lowest BCUT2D eigenvalue weighted by Crippen LogP contribution is -2.27. The van der Waals surface area contributed by atoms with Gasteiger partial charge >= 0.3 is 6.18 Å². The molecule has 5 rings (SSSR count). The predicted molar refractivity (Wildman–Crippen MR) is 161 cm³/mol. The summed E-state index contributed by atoms with van der Waals surface area (Å²) in [6, 6.07) is 7.18. The van der Waals surface area contributed by atoms with Crippen LogP contribution in [-0.2, 0) is 17.6 Å². The number of alkyl halides is 3. The molecule has 1 aliphatic rings. The molecular weight excluding hydrogens is 611 g/mol. The summed E-state index contributed by atoms with van der Waals surface area (Å²) in [4.78, 5) is 14.7. The minimum Gasteiger partial charge on any atom is -0.361 e. The molecular formula is C29H31ClF3N9OSi. The van der Waals surface area contributed by atoms with Crippen LogP contribution in [0.15, 0.2) is 37.1 Å². The number of hydrogen-bond acceptors (Lipinski definition) is 8. The van der Waals surface area contributed by atoms with Gasteiger partial charge in [-0.05, 0) is 24.6 Å². The molecule has 5 heterocycles. The second-order valence-corrected chi connectivity index (χ2v) is 18.0. The van der Waals surface area contributed by atoms with Gasteiger partial charge in [0.1, 0.15) is 41.3 Å². The third kappa shape index (κ3) is 6.72. The summed E-state index contributed by atoms with van der Waals surface area (Å²) in [5.41, 5.74) is 0.475. The molecule has 4 aromatic heterocycles. The van der Waals surface area contributed by atoms with Crippen molar-refractivity contribution in [2.75, 3.05) is 24.6 Å². The first kappa shape index (κ1) is 31.4. The topological polar surface area (TPSA) is 121 Å². The number of nitriles is 2. The van der Waals surface area contributed by atoms with Crippen LogP contribution in [0.5, 0.6) is 0 Å². The normalized spacial score (nSPS) is 16.3. The highest BCUT2D eigenvalue weighted by molar-refractivity contribution is 6.76. The van der Waals surface area contributed by atoms with Gasteiger partial charge in [0.25, 0.3) is 0 Å². The molecule has 1 aliphatic heterocycles. The number of fused-ring (bicyclic) bond motifs is 1. The van der Waals surface area contributed by atoms with E-state index in [0.29, 0.717) is 38.1 Å². The summed E-state index contributed by atoms with van der Waals surface area (Å²) in [5, 5.41) is 24.3. The van der Waals surface area contributed by atoms with Crippen molar-refractivity contribution < 1.29 is 17.9 Å². The molecule has 1 fully saturated rings. The molecule has 44 heavy (non-hydrogen) atoms. The van der Waals surface area contributed by atoms with Crippen molar-refractivity contribution in [3.05, 3.63) is 53.3 Å². The number of anilines is 1. The van der Waals surface area contributed by atoms with E-state index >= 15 is 0 Å². The smallest absolute Gasteiger partial charge is 0.361 e. The lowest BCUT2D eigenvalue weighted by molar-refractivity contribution is -0.137. The highest BCUT2D eigenvalue weighted by atomic mass is 35.5. The van der Waals surface area contributed by atoms with Crippen molar-refractivity contribution in [1.82, 2.24) is 29.3 Å². The minimum absolute atomic E-state index is 0.107. The monoisotopic (exact) mass is 641 g/mol. The molecule has 0 aromatic carbocycles. The number of nitrogens with zero attached hydrogens (tertiary/aromatic N) is 9. The average Bonchev–Trinajstić information content (AvgIpc) is 3.73. The first-order chi connectivity index (χ1) is 20.9. The lowest BCUT2D eigenvalue weighted by Gasteiger charge is -2.24. The quantitative estimate of drug-likeness (QED) is 0.109. The molecule has 0 aliphatic carbocycles. The van der Waals surface area contributed by atoms with Gasteiger partial charge < -0.3 is 14.2 Å². The van der Waals surface area contributed by atoms with Crippen LogP contribution in [-0.4, -0.2) is 57.1 Å². The van der Waals surface area contributed by atoms with Crippen LogP contribution in [0, 0.1) is 28.6 Å². The SMILES string of the molecule is C[Si](C)(C)CCOCn1ccc2c(-c3cnn([C@@H](CC#N)[C@H]4CCN(c5nc(Cl)cc(C(F)(F)F)c5C#N)C4)c3)ncnc21. The number of ether oxygens (including phenoxy) is 1. The van der Waals surface area contributed by atoms with Crippen LogP contribution in [0.2, 0.25) is 30.8 Å². The van der Waals surface area contributed by atoms with Gasteiger partial charge in [0.2, 0.25) is 0 Å². The molecule has 0 amide bonds. The van der Waals surface area contributed by atoms with Crippen molar-refractivity contribution in [2.45, 2.75) is 57.5 Å². The number of halogens is 4. The molecule has 2 atom stereocenters. The van der Waals surface area contributed by atoms with Crippen LogP contribution in [0.3, 0.4) is 0 Å². The van der Waals surface area contributed by atoms with Crippen LogP contribution in [0.4, 0.5) is 19.0 Å². The maximum atomic E-state index is 13.6. The Hall–Kier alpha value is -3.98. The zero-order valence-corrected chi connectivity index (χ0v) is 26.3. The molecule has 0 N–H and O–H groups in total. The highest BCUT2D eigenvalue weighted by Gasteiger charge is 2.39. The molecule has 1 saturated heterocycles. The molecule has 0 spiro atoms. The Morgan fingerprint density at radius 3 is 2.73 bits per heavy atom. The molecule has 0 radical (unpaired) electrons.